The van der Waals surface area contributed by atoms with Gasteiger partial charge >= 0.3 is 0 Å². The first-order valence-electron chi connectivity index (χ1n) is 10.6. The van der Waals surface area contributed by atoms with E-state index in [1.165, 1.54) is 0 Å². The molecule has 2 fully saturated rings. The van der Waals surface area contributed by atoms with Crippen molar-refractivity contribution >= 4 is 58.1 Å². The van der Waals surface area contributed by atoms with Crippen molar-refractivity contribution in [2.75, 3.05) is 19.6 Å². The molecule has 4 rings (SSSR count). The van der Waals surface area contributed by atoms with E-state index in [0.717, 1.165) is 41.5 Å². The van der Waals surface area contributed by atoms with Gasteiger partial charge in [-0.2, -0.15) is 0 Å². The zero-order valence-electron chi connectivity index (χ0n) is 17.8. The van der Waals surface area contributed by atoms with Gasteiger partial charge < -0.3 is 9.64 Å². The van der Waals surface area contributed by atoms with E-state index in [9.17, 15) is 14.4 Å². The van der Waals surface area contributed by atoms with Crippen molar-refractivity contribution in [3.05, 3.63) is 68.5 Å². The van der Waals surface area contributed by atoms with Gasteiger partial charge in [0.1, 0.15) is 18.9 Å². The van der Waals surface area contributed by atoms with Crippen LogP contribution in [0.4, 0.5) is 4.79 Å². The Hall–Kier alpha value is -2.48. The van der Waals surface area contributed by atoms with E-state index >= 15 is 0 Å². The van der Waals surface area contributed by atoms with Gasteiger partial charge in [0.2, 0.25) is 5.91 Å². The third-order valence-electron chi connectivity index (χ3n) is 5.48. The number of imide groups is 1. The number of rotatable bonds is 6. The predicted molar refractivity (Wildman–Crippen MR) is 130 cm³/mol. The number of carbonyl (C=O) groups is 3. The SMILES string of the molecule is O=C(CN1C(=O)S/C(=C/c2ccccc2OCc2ccc(Cl)cc2Cl)C1=O)N1CCCCC1. The van der Waals surface area contributed by atoms with Crippen LogP contribution in [0.15, 0.2) is 47.4 Å². The zero-order chi connectivity index (χ0) is 23.4. The minimum absolute atomic E-state index is 0.193. The molecule has 2 aromatic rings. The Morgan fingerprint density at radius 2 is 1.82 bits per heavy atom. The first kappa shape index (κ1) is 23.7. The van der Waals surface area contributed by atoms with Crippen molar-refractivity contribution in [2.45, 2.75) is 25.9 Å². The Labute approximate surface area is 206 Å². The quantitative estimate of drug-likeness (QED) is 0.477. The van der Waals surface area contributed by atoms with Crippen molar-refractivity contribution in [3.8, 4) is 5.75 Å². The number of carbonyl (C=O) groups excluding carboxylic acids is 3. The number of piperidine rings is 1. The third kappa shape index (κ3) is 5.72. The molecule has 3 amide bonds. The number of para-hydroxylation sites is 1. The predicted octanol–water partition coefficient (Wildman–Crippen LogP) is 5.62. The molecule has 2 aromatic carbocycles. The number of benzene rings is 2. The van der Waals surface area contributed by atoms with Crippen molar-refractivity contribution in [1.29, 1.82) is 0 Å². The Kier molecular flexibility index (Phi) is 7.63. The lowest BCUT2D eigenvalue weighted by Crippen LogP contribution is -2.44. The lowest BCUT2D eigenvalue weighted by Gasteiger charge is -2.27. The maximum atomic E-state index is 12.9. The molecule has 0 atom stereocenters. The van der Waals surface area contributed by atoms with Gasteiger partial charge in [0.05, 0.1) is 4.91 Å². The van der Waals surface area contributed by atoms with E-state index in [2.05, 4.69) is 0 Å². The van der Waals surface area contributed by atoms with E-state index in [4.69, 9.17) is 27.9 Å². The standard InChI is InChI=1S/C24H22Cl2N2O4S/c25-18-9-8-17(19(26)13-18)15-32-20-7-3-2-6-16(20)12-21-23(30)28(24(31)33-21)14-22(29)27-10-4-1-5-11-27/h2-3,6-9,12-13H,1,4-5,10-11,14-15H2/b21-12+. The molecule has 0 saturated carbocycles. The fourth-order valence-electron chi connectivity index (χ4n) is 3.68. The molecular formula is C24H22Cl2N2O4S. The second kappa shape index (κ2) is 10.6. The summed E-state index contributed by atoms with van der Waals surface area (Å²) in [5.74, 6) is -0.118. The van der Waals surface area contributed by atoms with Gasteiger partial charge in [0.15, 0.2) is 0 Å². The summed E-state index contributed by atoms with van der Waals surface area (Å²) in [4.78, 5) is 40.9. The molecule has 2 aliphatic heterocycles. The second-order valence-corrected chi connectivity index (χ2v) is 9.61. The topological polar surface area (TPSA) is 66.9 Å². The van der Waals surface area contributed by atoms with Crippen LogP contribution in [-0.2, 0) is 16.2 Å². The van der Waals surface area contributed by atoms with Crippen molar-refractivity contribution in [1.82, 2.24) is 9.80 Å². The average Bonchev–Trinajstić information content (AvgIpc) is 3.07. The minimum Gasteiger partial charge on any atom is -0.488 e. The normalized spacial score (nSPS) is 17.7. The molecule has 2 aliphatic rings. The largest absolute Gasteiger partial charge is 0.488 e. The van der Waals surface area contributed by atoms with Crippen LogP contribution in [0.2, 0.25) is 10.0 Å². The Bertz CT molecular complexity index is 1120. The van der Waals surface area contributed by atoms with E-state index in [-0.39, 0.29) is 24.0 Å². The van der Waals surface area contributed by atoms with Crippen LogP contribution in [0, 0.1) is 0 Å². The average molecular weight is 505 g/mol. The number of hydrogen-bond acceptors (Lipinski definition) is 5. The number of likely N-dealkylation sites (tertiary alicyclic amines) is 1. The summed E-state index contributed by atoms with van der Waals surface area (Å²) in [7, 11) is 0. The molecule has 0 aliphatic carbocycles. The molecule has 0 N–H and O–H groups in total. The van der Waals surface area contributed by atoms with Crippen molar-refractivity contribution in [3.63, 3.8) is 0 Å². The number of amides is 3. The molecule has 2 saturated heterocycles. The molecular weight excluding hydrogens is 483 g/mol. The lowest BCUT2D eigenvalue weighted by atomic mass is 10.1. The Balaban J connectivity index is 1.47. The summed E-state index contributed by atoms with van der Waals surface area (Å²) in [5, 5.41) is 0.598. The van der Waals surface area contributed by atoms with Gasteiger partial charge in [-0.15, -0.1) is 0 Å². The summed E-state index contributed by atoms with van der Waals surface area (Å²) in [6, 6.07) is 12.4. The van der Waals surface area contributed by atoms with Crippen molar-refractivity contribution < 1.29 is 19.1 Å². The van der Waals surface area contributed by atoms with Crippen LogP contribution in [0.5, 0.6) is 5.75 Å². The number of nitrogens with zero attached hydrogens (tertiary/aromatic N) is 2. The summed E-state index contributed by atoms with van der Waals surface area (Å²) < 4.78 is 5.94. The highest BCUT2D eigenvalue weighted by Crippen LogP contribution is 2.34. The molecule has 9 heteroatoms. The first-order chi connectivity index (χ1) is 15.9. The lowest BCUT2D eigenvalue weighted by molar-refractivity contribution is -0.136. The maximum absolute atomic E-state index is 12.9. The van der Waals surface area contributed by atoms with E-state index < -0.39 is 11.1 Å². The molecule has 0 radical (unpaired) electrons. The van der Waals surface area contributed by atoms with Gasteiger partial charge in [-0.3, -0.25) is 19.3 Å². The molecule has 0 bridgehead atoms. The highest BCUT2D eigenvalue weighted by atomic mass is 35.5. The molecule has 6 nitrogen and oxygen atoms in total. The summed E-state index contributed by atoms with van der Waals surface area (Å²) in [6.45, 7) is 1.34. The van der Waals surface area contributed by atoms with Gasteiger partial charge in [-0.1, -0.05) is 47.5 Å². The number of hydrogen-bond donors (Lipinski definition) is 0. The van der Waals surface area contributed by atoms with Crippen LogP contribution in [0.1, 0.15) is 30.4 Å². The molecule has 2 heterocycles. The van der Waals surface area contributed by atoms with Crippen LogP contribution >= 0.6 is 35.0 Å². The molecule has 172 valence electrons. The summed E-state index contributed by atoms with van der Waals surface area (Å²) in [6.07, 6.45) is 4.62. The summed E-state index contributed by atoms with van der Waals surface area (Å²) in [5.41, 5.74) is 1.42. The van der Waals surface area contributed by atoms with Gasteiger partial charge in [0.25, 0.3) is 11.1 Å². The van der Waals surface area contributed by atoms with Crippen molar-refractivity contribution in [2.24, 2.45) is 0 Å². The molecule has 0 unspecified atom stereocenters. The van der Waals surface area contributed by atoms with Crippen LogP contribution in [0.3, 0.4) is 0 Å². The first-order valence-corrected chi connectivity index (χ1v) is 12.2. The Morgan fingerprint density at radius 3 is 2.58 bits per heavy atom. The molecule has 0 spiro atoms. The van der Waals surface area contributed by atoms with E-state index in [1.807, 2.05) is 12.1 Å². The number of halogens is 2. The maximum Gasteiger partial charge on any atom is 0.294 e. The van der Waals surface area contributed by atoms with E-state index in [0.29, 0.717) is 34.4 Å². The third-order valence-corrected chi connectivity index (χ3v) is 6.97. The van der Waals surface area contributed by atoms with Crippen LogP contribution < -0.4 is 4.74 Å². The molecule has 33 heavy (non-hydrogen) atoms. The monoisotopic (exact) mass is 504 g/mol. The van der Waals surface area contributed by atoms with Crippen LogP contribution in [0.25, 0.3) is 6.08 Å². The Morgan fingerprint density at radius 1 is 1.06 bits per heavy atom. The summed E-state index contributed by atoms with van der Waals surface area (Å²) >= 11 is 13.0. The van der Waals surface area contributed by atoms with E-state index in [1.54, 1.807) is 41.3 Å². The smallest absolute Gasteiger partial charge is 0.294 e. The minimum atomic E-state index is -0.467. The fraction of sp³-hybridized carbons (Fsp3) is 0.292. The van der Waals surface area contributed by atoms with Gasteiger partial charge in [0, 0.05) is 34.3 Å². The zero-order valence-corrected chi connectivity index (χ0v) is 20.1. The van der Waals surface area contributed by atoms with Crippen LogP contribution in [-0.4, -0.2) is 46.5 Å². The fourth-order valence-corrected chi connectivity index (χ4v) is 4.97. The second-order valence-electron chi connectivity index (χ2n) is 7.77. The van der Waals surface area contributed by atoms with Gasteiger partial charge in [-0.25, -0.2) is 0 Å². The number of thioether (sulfide) groups is 1. The van der Waals surface area contributed by atoms with Gasteiger partial charge in [-0.05, 0) is 55.3 Å². The highest BCUT2D eigenvalue weighted by molar-refractivity contribution is 8.18. The highest BCUT2D eigenvalue weighted by Gasteiger charge is 2.37. The molecule has 0 aromatic heterocycles. The number of ether oxygens (including phenoxy) is 1.